The third-order valence-corrected chi connectivity index (χ3v) is 3.70. The summed E-state index contributed by atoms with van der Waals surface area (Å²) in [6, 6.07) is 0.306. The summed E-state index contributed by atoms with van der Waals surface area (Å²) in [6.07, 6.45) is 8.28. The zero-order valence-electron chi connectivity index (χ0n) is 11.6. The summed E-state index contributed by atoms with van der Waals surface area (Å²) in [4.78, 5) is 4.63. The molecule has 1 aromatic rings. The number of nitrogens with zero attached hydrogens (tertiary/aromatic N) is 2. The first kappa shape index (κ1) is 13.5. The zero-order valence-corrected chi connectivity index (χ0v) is 11.6. The van der Waals surface area contributed by atoms with Gasteiger partial charge in [0.2, 0.25) is 5.89 Å². The van der Waals surface area contributed by atoms with E-state index in [1.54, 1.807) is 0 Å². The van der Waals surface area contributed by atoms with Crippen LogP contribution in [-0.2, 0) is 0 Å². The molecule has 0 bridgehead atoms. The molecule has 4 nitrogen and oxygen atoms in total. The van der Waals surface area contributed by atoms with Crippen LogP contribution in [0.3, 0.4) is 0 Å². The van der Waals surface area contributed by atoms with Gasteiger partial charge in [0.05, 0.1) is 6.04 Å². The molecule has 1 aliphatic rings. The third-order valence-electron chi connectivity index (χ3n) is 3.70. The number of hydrogen-bond acceptors (Lipinski definition) is 4. The highest BCUT2D eigenvalue weighted by atomic mass is 16.5. The second-order valence-corrected chi connectivity index (χ2v) is 5.27. The fraction of sp³-hybridized carbons (Fsp3) is 0.857. The highest BCUT2D eigenvalue weighted by molar-refractivity contribution is 4.99. The summed E-state index contributed by atoms with van der Waals surface area (Å²) in [5.41, 5.74) is 0. The Labute approximate surface area is 110 Å². The minimum atomic E-state index is 0.306. The molecule has 1 unspecified atom stereocenters. The van der Waals surface area contributed by atoms with Gasteiger partial charge in [0.15, 0.2) is 5.82 Å². The van der Waals surface area contributed by atoms with Crippen molar-refractivity contribution < 1.29 is 4.52 Å². The average Bonchev–Trinajstić information content (AvgIpc) is 2.89. The number of rotatable bonds is 6. The van der Waals surface area contributed by atoms with E-state index < -0.39 is 0 Å². The Kier molecular flexibility index (Phi) is 5.17. The molecule has 0 aliphatic carbocycles. The van der Waals surface area contributed by atoms with Gasteiger partial charge in [-0.1, -0.05) is 38.3 Å². The molecule has 0 spiro atoms. The molecule has 102 valence electrons. The van der Waals surface area contributed by atoms with E-state index >= 15 is 0 Å². The molecule has 1 fully saturated rings. The van der Waals surface area contributed by atoms with Crippen LogP contribution in [0.15, 0.2) is 4.52 Å². The molecular weight excluding hydrogens is 226 g/mol. The second-order valence-electron chi connectivity index (χ2n) is 5.27. The Morgan fingerprint density at radius 1 is 1.28 bits per heavy atom. The first-order valence-electron chi connectivity index (χ1n) is 7.42. The number of piperidine rings is 1. The molecule has 0 amide bonds. The van der Waals surface area contributed by atoms with E-state index in [9.17, 15) is 0 Å². The highest BCUT2D eigenvalue weighted by Crippen LogP contribution is 2.27. The Morgan fingerprint density at radius 2 is 2.06 bits per heavy atom. The van der Waals surface area contributed by atoms with Crippen LogP contribution in [0.4, 0.5) is 0 Å². The van der Waals surface area contributed by atoms with Crippen molar-refractivity contribution in [2.24, 2.45) is 0 Å². The molecule has 1 N–H and O–H groups in total. The van der Waals surface area contributed by atoms with Gasteiger partial charge in [0.25, 0.3) is 0 Å². The molecule has 2 rings (SSSR count). The van der Waals surface area contributed by atoms with Crippen LogP contribution in [-0.4, -0.2) is 16.7 Å². The quantitative estimate of drug-likeness (QED) is 0.839. The third kappa shape index (κ3) is 3.31. The van der Waals surface area contributed by atoms with Crippen LogP contribution in [0.1, 0.15) is 82.5 Å². The summed E-state index contributed by atoms with van der Waals surface area (Å²) >= 11 is 0. The van der Waals surface area contributed by atoms with E-state index in [0.29, 0.717) is 12.0 Å². The van der Waals surface area contributed by atoms with Gasteiger partial charge in [-0.15, -0.1) is 0 Å². The van der Waals surface area contributed by atoms with Crippen molar-refractivity contribution in [3.63, 3.8) is 0 Å². The topological polar surface area (TPSA) is 51.0 Å². The predicted molar refractivity (Wildman–Crippen MR) is 71.4 cm³/mol. The smallest absolute Gasteiger partial charge is 0.229 e. The second kappa shape index (κ2) is 6.88. The van der Waals surface area contributed by atoms with Crippen molar-refractivity contribution in [3.8, 4) is 0 Å². The standard InChI is InChI=1S/C14H25N3O/c1-3-7-11(8-4-2)14-16-13(17-18-14)12-9-5-6-10-15-12/h11-12,15H,3-10H2,1-2H3. The van der Waals surface area contributed by atoms with Crippen molar-refractivity contribution >= 4 is 0 Å². The largest absolute Gasteiger partial charge is 0.339 e. The first-order chi connectivity index (χ1) is 8.85. The Balaban J connectivity index is 2.02. The maximum atomic E-state index is 5.48. The zero-order chi connectivity index (χ0) is 12.8. The molecule has 1 aromatic heterocycles. The van der Waals surface area contributed by atoms with E-state index in [-0.39, 0.29) is 0 Å². The van der Waals surface area contributed by atoms with Gasteiger partial charge < -0.3 is 9.84 Å². The number of aromatic nitrogens is 2. The van der Waals surface area contributed by atoms with Crippen molar-refractivity contribution in [2.75, 3.05) is 6.54 Å². The fourth-order valence-electron chi connectivity index (χ4n) is 2.72. The molecule has 4 heteroatoms. The van der Waals surface area contributed by atoms with Crippen molar-refractivity contribution in [2.45, 2.75) is 70.8 Å². The normalized spacial score (nSPS) is 20.5. The lowest BCUT2D eigenvalue weighted by Crippen LogP contribution is -2.27. The van der Waals surface area contributed by atoms with Crippen LogP contribution >= 0.6 is 0 Å². The summed E-state index contributed by atoms with van der Waals surface area (Å²) in [6.45, 7) is 5.49. The average molecular weight is 251 g/mol. The van der Waals surface area contributed by atoms with Crippen molar-refractivity contribution in [3.05, 3.63) is 11.7 Å². The van der Waals surface area contributed by atoms with E-state index in [0.717, 1.165) is 37.5 Å². The molecule has 0 saturated carbocycles. The SMILES string of the molecule is CCCC(CCC)c1nc(C2CCCCN2)no1. The Morgan fingerprint density at radius 3 is 2.67 bits per heavy atom. The lowest BCUT2D eigenvalue weighted by atomic mass is 9.98. The molecule has 2 heterocycles. The van der Waals surface area contributed by atoms with Crippen molar-refractivity contribution in [1.82, 2.24) is 15.5 Å². The molecule has 1 aliphatic heterocycles. The van der Waals surface area contributed by atoms with Gasteiger partial charge in [0.1, 0.15) is 0 Å². The van der Waals surface area contributed by atoms with Gasteiger partial charge >= 0.3 is 0 Å². The minimum Gasteiger partial charge on any atom is -0.339 e. The number of nitrogens with one attached hydrogen (secondary N) is 1. The van der Waals surface area contributed by atoms with Crippen molar-refractivity contribution in [1.29, 1.82) is 0 Å². The number of hydrogen-bond donors (Lipinski definition) is 1. The molecule has 0 aromatic carbocycles. The van der Waals surface area contributed by atoms with Gasteiger partial charge in [-0.05, 0) is 32.2 Å². The predicted octanol–water partition coefficient (Wildman–Crippen LogP) is 3.57. The van der Waals surface area contributed by atoms with Crippen LogP contribution in [0.5, 0.6) is 0 Å². The summed E-state index contributed by atoms with van der Waals surface area (Å²) in [7, 11) is 0. The van der Waals surface area contributed by atoms with Crippen LogP contribution < -0.4 is 5.32 Å². The van der Waals surface area contributed by atoms with E-state index in [1.807, 2.05) is 0 Å². The van der Waals surface area contributed by atoms with Gasteiger partial charge in [-0.25, -0.2) is 0 Å². The molecule has 1 atom stereocenters. The fourth-order valence-corrected chi connectivity index (χ4v) is 2.72. The maximum absolute atomic E-state index is 5.48. The maximum Gasteiger partial charge on any atom is 0.229 e. The summed E-state index contributed by atoms with van der Waals surface area (Å²) in [5.74, 6) is 2.16. The monoisotopic (exact) mass is 251 g/mol. The van der Waals surface area contributed by atoms with E-state index in [4.69, 9.17) is 4.52 Å². The summed E-state index contributed by atoms with van der Waals surface area (Å²) < 4.78 is 5.48. The molecule has 1 saturated heterocycles. The molecule has 0 radical (unpaired) electrons. The van der Waals surface area contributed by atoms with Gasteiger partial charge in [-0.2, -0.15) is 4.98 Å². The lowest BCUT2D eigenvalue weighted by molar-refractivity contribution is 0.324. The first-order valence-corrected chi connectivity index (χ1v) is 7.42. The lowest BCUT2D eigenvalue weighted by Gasteiger charge is -2.19. The minimum absolute atomic E-state index is 0.306. The van der Waals surface area contributed by atoms with Crippen LogP contribution in [0.2, 0.25) is 0 Å². The van der Waals surface area contributed by atoms with E-state index in [2.05, 4.69) is 29.3 Å². The Hall–Kier alpha value is -0.900. The Bertz CT molecular complexity index is 339. The van der Waals surface area contributed by atoms with Gasteiger partial charge in [0, 0.05) is 5.92 Å². The van der Waals surface area contributed by atoms with E-state index in [1.165, 1.54) is 25.7 Å². The molecule has 18 heavy (non-hydrogen) atoms. The van der Waals surface area contributed by atoms with Gasteiger partial charge in [-0.3, -0.25) is 0 Å². The molecular formula is C14H25N3O. The summed E-state index contributed by atoms with van der Waals surface area (Å²) in [5, 5.41) is 7.64. The van der Waals surface area contributed by atoms with Crippen LogP contribution in [0, 0.1) is 0 Å². The van der Waals surface area contributed by atoms with Crippen LogP contribution in [0.25, 0.3) is 0 Å². The highest BCUT2D eigenvalue weighted by Gasteiger charge is 2.23.